The summed E-state index contributed by atoms with van der Waals surface area (Å²) in [6.07, 6.45) is -0.713. The number of carbonyl (C=O) groups excluding carboxylic acids is 1. The van der Waals surface area contributed by atoms with E-state index in [2.05, 4.69) is 4.74 Å². The molecule has 21 heavy (non-hydrogen) atoms. The summed E-state index contributed by atoms with van der Waals surface area (Å²) >= 11 is 0. The second kappa shape index (κ2) is 5.83. The zero-order valence-electron chi connectivity index (χ0n) is 10.8. The minimum absolute atomic E-state index is 0.266. The molecule has 0 saturated heterocycles. The van der Waals surface area contributed by atoms with Crippen molar-refractivity contribution < 1.29 is 27.6 Å². The first-order chi connectivity index (χ1) is 9.66. The highest BCUT2D eigenvalue weighted by Crippen LogP contribution is 2.36. The largest absolute Gasteiger partial charge is 0.440 e. The van der Waals surface area contributed by atoms with Crippen LogP contribution in [0.3, 0.4) is 0 Å². The van der Waals surface area contributed by atoms with Crippen molar-refractivity contribution in [3.8, 4) is 12.3 Å². The van der Waals surface area contributed by atoms with Crippen LogP contribution < -0.4 is 0 Å². The summed E-state index contributed by atoms with van der Waals surface area (Å²) in [6, 6.07) is 3.95. The van der Waals surface area contributed by atoms with Crippen molar-refractivity contribution >= 4 is 11.7 Å². The molecule has 0 radical (unpaired) electrons. The van der Waals surface area contributed by atoms with Gasteiger partial charge in [-0.2, -0.15) is 13.2 Å². The highest BCUT2D eigenvalue weighted by molar-refractivity contribution is 5.90. The van der Waals surface area contributed by atoms with Gasteiger partial charge in [-0.3, -0.25) is 10.1 Å². The summed E-state index contributed by atoms with van der Waals surface area (Å²) in [5.74, 6) is 0.156. The quantitative estimate of drug-likeness (QED) is 0.371. The first-order valence-corrected chi connectivity index (χ1v) is 5.69. The van der Waals surface area contributed by atoms with Crippen molar-refractivity contribution in [2.24, 2.45) is 0 Å². The van der Waals surface area contributed by atoms with E-state index in [9.17, 15) is 28.1 Å². The van der Waals surface area contributed by atoms with Gasteiger partial charge in [0.1, 0.15) is 0 Å². The van der Waals surface area contributed by atoms with E-state index >= 15 is 0 Å². The Balaban J connectivity index is 3.04. The van der Waals surface area contributed by atoms with Crippen molar-refractivity contribution in [1.29, 1.82) is 0 Å². The number of non-ortho nitro benzene ring substituents is 1. The molecule has 0 aliphatic heterocycles. The maximum absolute atomic E-state index is 12.9. The highest BCUT2D eigenvalue weighted by atomic mass is 19.4. The Morgan fingerprint density at radius 3 is 2.24 bits per heavy atom. The molecule has 1 rings (SSSR count). The molecule has 0 aromatic heterocycles. The number of esters is 1. The number of alkyl halides is 3. The molecule has 1 unspecified atom stereocenters. The lowest BCUT2D eigenvalue weighted by molar-refractivity contribution is -0.384. The van der Waals surface area contributed by atoms with Gasteiger partial charge in [-0.25, -0.2) is 4.79 Å². The van der Waals surface area contributed by atoms with E-state index in [4.69, 9.17) is 6.42 Å². The number of ether oxygens (including phenoxy) is 1. The van der Waals surface area contributed by atoms with Crippen LogP contribution in [-0.4, -0.2) is 22.7 Å². The summed E-state index contributed by atoms with van der Waals surface area (Å²) in [5, 5.41) is 10.4. The Morgan fingerprint density at radius 1 is 1.38 bits per heavy atom. The van der Waals surface area contributed by atoms with Gasteiger partial charge >= 0.3 is 12.1 Å². The minimum atomic E-state index is -4.92. The molecule has 0 fully saturated rings. The average Bonchev–Trinajstić information content (AvgIpc) is 2.43. The Morgan fingerprint density at radius 2 is 1.90 bits per heavy atom. The Hall–Kier alpha value is -2.56. The van der Waals surface area contributed by atoms with Crippen molar-refractivity contribution in [1.82, 2.24) is 0 Å². The predicted octanol–water partition coefficient (Wildman–Crippen LogP) is 3.10. The fourth-order valence-corrected chi connectivity index (χ4v) is 1.48. The van der Waals surface area contributed by atoms with Crippen LogP contribution >= 0.6 is 0 Å². The number of carbonyl (C=O) groups is 1. The van der Waals surface area contributed by atoms with E-state index in [0.717, 1.165) is 31.2 Å². The van der Waals surface area contributed by atoms with Crippen LogP contribution in [0.1, 0.15) is 23.7 Å². The predicted molar refractivity (Wildman–Crippen MR) is 66.4 cm³/mol. The summed E-state index contributed by atoms with van der Waals surface area (Å²) in [5.41, 5.74) is -3.59. The zero-order chi connectivity index (χ0) is 16.3. The molecule has 1 aromatic carbocycles. The van der Waals surface area contributed by atoms with Crippen molar-refractivity contribution in [2.45, 2.75) is 25.1 Å². The van der Waals surface area contributed by atoms with E-state index < -0.39 is 29.1 Å². The van der Waals surface area contributed by atoms with Gasteiger partial charge in [-0.15, -0.1) is 6.42 Å². The molecule has 0 amide bonds. The smallest absolute Gasteiger partial charge is 0.432 e. The van der Waals surface area contributed by atoms with Gasteiger partial charge in [-0.1, -0.05) is 6.92 Å². The van der Waals surface area contributed by atoms with Crippen LogP contribution in [0.4, 0.5) is 18.9 Å². The number of hydrogen-bond acceptors (Lipinski definition) is 4. The lowest BCUT2D eigenvalue weighted by Crippen LogP contribution is -2.47. The van der Waals surface area contributed by atoms with Gasteiger partial charge in [0.25, 0.3) is 11.3 Å². The van der Waals surface area contributed by atoms with Crippen molar-refractivity contribution in [3.05, 3.63) is 39.9 Å². The topological polar surface area (TPSA) is 69.4 Å². The molecule has 0 aliphatic rings. The third-order valence-electron chi connectivity index (χ3n) is 2.77. The fraction of sp³-hybridized carbons (Fsp3) is 0.308. The number of benzene rings is 1. The number of hydrogen-bond donors (Lipinski definition) is 0. The van der Waals surface area contributed by atoms with E-state index in [1.165, 1.54) is 5.92 Å². The molecule has 0 bridgehead atoms. The number of terminal acetylenes is 1. The molecule has 0 saturated carbocycles. The van der Waals surface area contributed by atoms with Gasteiger partial charge in [-0.05, 0) is 18.1 Å². The van der Waals surface area contributed by atoms with Gasteiger partial charge < -0.3 is 4.74 Å². The normalized spacial score (nSPS) is 13.9. The number of nitro benzene ring substituents is 1. The maximum atomic E-state index is 12.9. The molecule has 5 nitrogen and oxygen atoms in total. The second-order valence-electron chi connectivity index (χ2n) is 4.02. The minimum Gasteiger partial charge on any atom is -0.432 e. The molecule has 8 heteroatoms. The number of rotatable bonds is 4. The van der Waals surface area contributed by atoms with Crippen LogP contribution in [0.25, 0.3) is 0 Å². The van der Waals surface area contributed by atoms with Crippen LogP contribution in [0.15, 0.2) is 24.3 Å². The van der Waals surface area contributed by atoms with E-state index in [0.29, 0.717) is 0 Å². The van der Waals surface area contributed by atoms with E-state index in [-0.39, 0.29) is 11.3 Å². The lowest BCUT2D eigenvalue weighted by atomic mass is 10.0. The van der Waals surface area contributed by atoms with Crippen LogP contribution in [0.5, 0.6) is 0 Å². The second-order valence-corrected chi connectivity index (χ2v) is 4.02. The average molecular weight is 301 g/mol. The standard InChI is InChI=1S/C13H10F3NO4/c1-3-12(4-2,13(14,15)16)21-11(18)9-5-7-10(8-6-9)17(19)20/h1,5-8H,4H2,2H3. The first-order valence-electron chi connectivity index (χ1n) is 5.69. The van der Waals surface area contributed by atoms with Crippen LogP contribution in [-0.2, 0) is 4.74 Å². The van der Waals surface area contributed by atoms with Gasteiger partial charge in [0.15, 0.2) is 0 Å². The number of nitrogens with zero attached hydrogens (tertiary/aromatic N) is 1. The molecule has 0 N–H and O–H groups in total. The number of nitro groups is 1. The van der Waals surface area contributed by atoms with Crippen LogP contribution in [0.2, 0.25) is 0 Å². The number of halogens is 3. The fourth-order valence-electron chi connectivity index (χ4n) is 1.48. The van der Waals surface area contributed by atoms with Gasteiger partial charge in [0.2, 0.25) is 0 Å². The SMILES string of the molecule is C#CC(CC)(OC(=O)c1ccc([N+](=O)[O-])cc1)C(F)(F)F. The highest BCUT2D eigenvalue weighted by Gasteiger charge is 2.56. The third-order valence-corrected chi connectivity index (χ3v) is 2.77. The van der Waals surface area contributed by atoms with Crippen molar-refractivity contribution in [2.75, 3.05) is 0 Å². The summed E-state index contributed by atoms with van der Waals surface area (Å²) in [4.78, 5) is 21.5. The maximum Gasteiger partial charge on any atom is 0.440 e. The Labute approximate surface area is 117 Å². The molecule has 112 valence electrons. The molecule has 0 heterocycles. The molecule has 1 atom stereocenters. The van der Waals surface area contributed by atoms with E-state index in [1.807, 2.05) is 0 Å². The molecule has 0 spiro atoms. The van der Waals surface area contributed by atoms with E-state index in [1.54, 1.807) is 0 Å². The lowest BCUT2D eigenvalue weighted by Gasteiger charge is -2.29. The zero-order valence-corrected chi connectivity index (χ0v) is 10.8. The van der Waals surface area contributed by atoms with Gasteiger partial charge in [0.05, 0.1) is 10.5 Å². The Bertz CT molecular complexity index is 589. The third kappa shape index (κ3) is 3.31. The first kappa shape index (κ1) is 16.5. The summed E-state index contributed by atoms with van der Waals surface area (Å²) in [7, 11) is 0. The monoisotopic (exact) mass is 301 g/mol. The Kier molecular flexibility index (Phi) is 4.58. The van der Waals surface area contributed by atoms with Gasteiger partial charge in [0, 0.05) is 18.6 Å². The molecule has 0 aliphatic carbocycles. The molecule has 1 aromatic rings. The van der Waals surface area contributed by atoms with Crippen LogP contribution in [0, 0.1) is 22.5 Å². The van der Waals surface area contributed by atoms with Crippen molar-refractivity contribution in [3.63, 3.8) is 0 Å². The molecular formula is C13H10F3NO4. The summed E-state index contributed by atoms with van der Waals surface area (Å²) in [6.45, 7) is 1.14. The molecular weight excluding hydrogens is 291 g/mol. The summed E-state index contributed by atoms with van der Waals surface area (Å²) < 4.78 is 43.2.